The Labute approximate surface area is 200 Å². The van der Waals surface area contributed by atoms with Crippen LogP contribution in [-0.2, 0) is 14.3 Å². The summed E-state index contributed by atoms with van der Waals surface area (Å²) in [6.45, 7) is 2.65. The molecule has 1 aromatic heterocycles. The molecular weight excluding hydrogens is 465 g/mol. The summed E-state index contributed by atoms with van der Waals surface area (Å²) in [6.07, 6.45) is -0.648. The van der Waals surface area contributed by atoms with Crippen molar-refractivity contribution in [3.8, 4) is 17.2 Å². The van der Waals surface area contributed by atoms with Crippen molar-refractivity contribution in [2.75, 3.05) is 38.3 Å². The third-order valence-corrected chi connectivity index (χ3v) is 5.75. The molecule has 2 aromatic rings. The van der Waals surface area contributed by atoms with Crippen molar-refractivity contribution in [3.05, 3.63) is 48.5 Å². The van der Waals surface area contributed by atoms with Crippen molar-refractivity contribution in [2.24, 2.45) is 17.8 Å². The van der Waals surface area contributed by atoms with Crippen LogP contribution in [0, 0.1) is 34.9 Å². The Kier molecular flexibility index (Phi) is 9.17. The maximum Gasteiger partial charge on any atom is 0.414 e. The summed E-state index contributed by atoms with van der Waals surface area (Å²) in [5.74, 6) is 1.18. The summed E-state index contributed by atoms with van der Waals surface area (Å²) in [5, 5.41) is 11.4. The van der Waals surface area contributed by atoms with E-state index < -0.39 is 24.6 Å². The lowest BCUT2D eigenvalue weighted by atomic mass is 10.1. The molecule has 4 atom stereocenters. The Hall–Kier alpha value is -3.49. The number of cyclic esters (lactones) is 1. The highest BCUT2D eigenvalue weighted by Crippen LogP contribution is 2.49. The number of amides is 1. The highest BCUT2D eigenvalue weighted by Gasteiger charge is 2.54. The molecule has 2 unspecified atom stereocenters. The number of pyridine rings is 1. The van der Waals surface area contributed by atoms with Crippen molar-refractivity contribution in [3.63, 3.8) is 0 Å². The van der Waals surface area contributed by atoms with Crippen LogP contribution in [-0.4, -0.2) is 63.2 Å². The number of likely N-dealkylation sites (N-methyl/N-ethyl adjacent to an activating group) is 1. The maximum absolute atomic E-state index is 14.3. The number of nitrogens with zero attached hydrogens (tertiary/aromatic N) is 3. The molecule has 2 aliphatic heterocycles. The lowest BCUT2D eigenvalue weighted by Gasteiger charge is -2.14. The van der Waals surface area contributed by atoms with Gasteiger partial charge in [-0.2, -0.15) is 5.26 Å². The molecule has 186 valence electrons. The SMILES string of the molecule is CNCC1CN(c2ccc(-c3cccnc3)c(F)c2)C(=O)O1.N#CC1[C@H]2COC[C@@H]12.O=CC(F)F. The molecule has 0 radical (unpaired) electrons. The number of alkyl halides is 2. The average Bonchev–Trinajstić information content (AvgIpc) is 3.14. The van der Waals surface area contributed by atoms with Crippen LogP contribution in [0.15, 0.2) is 42.7 Å². The molecule has 0 spiro atoms. The van der Waals surface area contributed by atoms with Gasteiger partial charge in [0.15, 0.2) is 6.29 Å². The quantitative estimate of drug-likeness (QED) is 0.642. The number of benzene rings is 1. The van der Waals surface area contributed by atoms with Gasteiger partial charge < -0.3 is 14.8 Å². The number of fused-ring (bicyclic) bond motifs is 1. The fourth-order valence-corrected chi connectivity index (χ4v) is 3.93. The maximum atomic E-state index is 14.3. The molecule has 1 aromatic carbocycles. The smallest absolute Gasteiger partial charge is 0.414 e. The van der Waals surface area contributed by atoms with Crippen molar-refractivity contribution in [2.45, 2.75) is 12.5 Å². The predicted octanol–water partition coefficient (Wildman–Crippen LogP) is 3.29. The van der Waals surface area contributed by atoms with Gasteiger partial charge >= 0.3 is 6.09 Å². The van der Waals surface area contributed by atoms with E-state index in [9.17, 15) is 18.0 Å². The molecule has 1 N–H and O–H groups in total. The second-order valence-electron chi connectivity index (χ2n) is 8.07. The zero-order valence-corrected chi connectivity index (χ0v) is 18.9. The van der Waals surface area contributed by atoms with Crippen LogP contribution < -0.4 is 10.2 Å². The van der Waals surface area contributed by atoms with E-state index in [-0.39, 0.29) is 6.10 Å². The number of aldehydes is 1. The Morgan fingerprint density at radius 1 is 1.31 bits per heavy atom. The van der Waals surface area contributed by atoms with E-state index in [2.05, 4.69) is 16.4 Å². The first kappa shape index (κ1) is 26.1. The van der Waals surface area contributed by atoms with E-state index in [0.29, 0.717) is 47.7 Å². The number of rotatable bonds is 5. The van der Waals surface area contributed by atoms with E-state index in [1.54, 1.807) is 43.7 Å². The molecular formula is C24H25F3N4O4. The summed E-state index contributed by atoms with van der Waals surface area (Å²) >= 11 is 0. The van der Waals surface area contributed by atoms with Crippen LogP contribution in [0.1, 0.15) is 0 Å². The van der Waals surface area contributed by atoms with Gasteiger partial charge in [-0.1, -0.05) is 6.07 Å². The number of carbonyl (C=O) groups is 2. The van der Waals surface area contributed by atoms with Crippen molar-refractivity contribution < 1.29 is 32.2 Å². The van der Waals surface area contributed by atoms with Gasteiger partial charge in [-0.05, 0) is 31.3 Å². The zero-order valence-electron chi connectivity index (χ0n) is 18.9. The van der Waals surface area contributed by atoms with E-state index in [1.807, 2.05) is 0 Å². The molecule has 8 nitrogen and oxygen atoms in total. The van der Waals surface area contributed by atoms with Gasteiger partial charge in [0.1, 0.15) is 11.9 Å². The van der Waals surface area contributed by atoms with Crippen LogP contribution in [0.4, 0.5) is 23.7 Å². The number of nitriles is 1. The van der Waals surface area contributed by atoms with Crippen LogP contribution in [0.25, 0.3) is 11.1 Å². The molecule has 11 heteroatoms. The normalized spacial score (nSPS) is 23.8. The number of carbonyl (C=O) groups excluding carboxylic acids is 2. The van der Waals surface area contributed by atoms with Crippen LogP contribution in [0.3, 0.4) is 0 Å². The summed E-state index contributed by atoms with van der Waals surface area (Å²) in [4.78, 5) is 26.1. The molecule has 5 rings (SSSR count). The Morgan fingerprint density at radius 2 is 2.03 bits per heavy atom. The van der Waals surface area contributed by atoms with E-state index in [4.69, 9.17) is 19.5 Å². The molecule has 3 aliphatic rings. The fourth-order valence-electron chi connectivity index (χ4n) is 3.93. The number of anilines is 1. The predicted molar refractivity (Wildman–Crippen MR) is 120 cm³/mol. The summed E-state index contributed by atoms with van der Waals surface area (Å²) in [6, 6.07) is 10.5. The van der Waals surface area contributed by atoms with Crippen molar-refractivity contribution in [1.82, 2.24) is 10.3 Å². The molecule has 1 aliphatic carbocycles. The third kappa shape index (κ3) is 6.77. The van der Waals surface area contributed by atoms with Crippen LogP contribution >= 0.6 is 0 Å². The fraction of sp³-hybridized carbons (Fsp3) is 0.417. The molecule has 1 amide bonds. The van der Waals surface area contributed by atoms with Gasteiger partial charge in [0.05, 0.1) is 37.4 Å². The Morgan fingerprint density at radius 3 is 2.54 bits per heavy atom. The largest absolute Gasteiger partial charge is 0.443 e. The number of halogens is 3. The van der Waals surface area contributed by atoms with Gasteiger partial charge in [0.25, 0.3) is 6.43 Å². The number of ether oxygens (including phenoxy) is 2. The van der Waals surface area contributed by atoms with Crippen LogP contribution in [0.2, 0.25) is 0 Å². The minimum atomic E-state index is -2.80. The van der Waals surface area contributed by atoms with Gasteiger partial charge in [-0.15, -0.1) is 0 Å². The van der Waals surface area contributed by atoms with Crippen LogP contribution in [0.5, 0.6) is 0 Å². The monoisotopic (exact) mass is 490 g/mol. The topological polar surface area (TPSA) is 105 Å². The highest BCUT2D eigenvalue weighted by atomic mass is 19.3. The van der Waals surface area contributed by atoms with E-state index in [1.165, 1.54) is 11.0 Å². The molecule has 35 heavy (non-hydrogen) atoms. The molecule has 1 saturated carbocycles. The van der Waals surface area contributed by atoms with E-state index in [0.717, 1.165) is 13.2 Å². The first-order valence-corrected chi connectivity index (χ1v) is 10.9. The second-order valence-corrected chi connectivity index (χ2v) is 8.07. The minimum absolute atomic E-state index is 0.224. The Bertz CT molecular complexity index is 1040. The highest BCUT2D eigenvalue weighted by molar-refractivity contribution is 5.90. The summed E-state index contributed by atoms with van der Waals surface area (Å²) in [7, 11) is 1.79. The molecule has 2 saturated heterocycles. The number of hydrogen-bond donors (Lipinski definition) is 1. The number of aromatic nitrogens is 1. The number of nitrogens with one attached hydrogen (secondary N) is 1. The van der Waals surface area contributed by atoms with Gasteiger partial charge in [0.2, 0.25) is 0 Å². The first-order chi connectivity index (χ1) is 16.9. The molecule has 3 fully saturated rings. The summed E-state index contributed by atoms with van der Waals surface area (Å²) in [5.41, 5.74) is 1.65. The average molecular weight is 490 g/mol. The van der Waals surface area contributed by atoms with Crippen molar-refractivity contribution in [1.29, 1.82) is 5.26 Å². The van der Waals surface area contributed by atoms with Gasteiger partial charge in [-0.3, -0.25) is 14.7 Å². The molecule has 3 heterocycles. The lowest BCUT2D eigenvalue weighted by molar-refractivity contribution is -0.116. The van der Waals surface area contributed by atoms with Gasteiger partial charge in [0, 0.05) is 41.9 Å². The Balaban J connectivity index is 0.000000214. The van der Waals surface area contributed by atoms with E-state index >= 15 is 0 Å². The number of hydrogen-bond acceptors (Lipinski definition) is 7. The van der Waals surface area contributed by atoms with Gasteiger partial charge in [-0.25, -0.2) is 18.0 Å². The zero-order chi connectivity index (χ0) is 25.4. The first-order valence-electron chi connectivity index (χ1n) is 10.9. The third-order valence-electron chi connectivity index (χ3n) is 5.75. The standard InChI is InChI=1S/C16H16FN3O2.C6H7NO.C2H2F2O/c1-18-9-13-10-20(16(21)22-13)12-4-5-14(15(17)7-12)11-3-2-6-19-8-11;7-1-4-5-2-8-3-6(4)5;3-2(4)1-5/h2-8,13,18H,9-10H2,1H3;4-6H,2-3H2;1-2H/t;4?,5-,6+;. The van der Waals surface area contributed by atoms with Crippen molar-refractivity contribution >= 4 is 18.1 Å². The lowest BCUT2D eigenvalue weighted by Crippen LogP contribution is -2.29. The summed E-state index contributed by atoms with van der Waals surface area (Å²) < 4.78 is 45.4. The molecule has 0 bridgehead atoms. The second kappa shape index (κ2) is 12.3. The minimum Gasteiger partial charge on any atom is -0.443 e.